The normalized spacial score (nSPS) is 19.9. The van der Waals surface area contributed by atoms with Crippen LogP contribution in [0, 0.1) is 6.92 Å². The summed E-state index contributed by atoms with van der Waals surface area (Å²) in [7, 11) is 0. The molecule has 0 bridgehead atoms. The summed E-state index contributed by atoms with van der Waals surface area (Å²) < 4.78 is 5.44. The zero-order valence-corrected chi connectivity index (χ0v) is 11.4. The largest absolute Gasteiger partial charge is 0.373 e. The molecular weight excluding hydrogens is 260 g/mol. The van der Waals surface area contributed by atoms with Crippen LogP contribution in [0.2, 0.25) is 0 Å². The highest BCUT2D eigenvalue weighted by atomic mass is 35.5. The topological polar surface area (TPSA) is 55.6 Å². The van der Waals surface area contributed by atoms with Gasteiger partial charge < -0.3 is 15.4 Å². The molecule has 1 fully saturated rings. The molecule has 0 radical (unpaired) electrons. The minimum absolute atomic E-state index is 0. The number of nitrogens with zero attached hydrogens (tertiary/aromatic N) is 1. The molecule has 17 heavy (non-hydrogen) atoms. The van der Waals surface area contributed by atoms with Crippen molar-refractivity contribution < 1.29 is 9.53 Å². The van der Waals surface area contributed by atoms with E-state index in [0.717, 1.165) is 11.1 Å². The van der Waals surface area contributed by atoms with Crippen LogP contribution in [0.3, 0.4) is 0 Å². The smallest absolute Gasteiger partial charge is 0.255 e. The van der Waals surface area contributed by atoms with Crippen LogP contribution in [0.25, 0.3) is 0 Å². The zero-order valence-electron chi connectivity index (χ0n) is 9.72. The van der Waals surface area contributed by atoms with E-state index in [9.17, 15) is 4.79 Å². The number of thiophene rings is 1. The quantitative estimate of drug-likeness (QED) is 0.885. The molecule has 1 saturated heterocycles. The molecule has 2 heterocycles. The molecule has 1 aliphatic rings. The van der Waals surface area contributed by atoms with Crippen LogP contribution in [0.15, 0.2) is 10.8 Å². The van der Waals surface area contributed by atoms with E-state index < -0.39 is 0 Å². The number of rotatable bonds is 2. The lowest BCUT2D eigenvalue weighted by atomic mass is 10.1. The molecule has 1 amide bonds. The Balaban J connectivity index is 0.00000144. The molecule has 96 valence electrons. The van der Waals surface area contributed by atoms with Crippen LogP contribution >= 0.6 is 23.7 Å². The molecule has 2 N–H and O–H groups in total. The van der Waals surface area contributed by atoms with E-state index >= 15 is 0 Å². The van der Waals surface area contributed by atoms with Crippen molar-refractivity contribution in [2.45, 2.75) is 13.0 Å². The van der Waals surface area contributed by atoms with E-state index in [-0.39, 0.29) is 24.4 Å². The second-order valence-electron chi connectivity index (χ2n) is 3.95. The van der Waals surface area contributed by atoms with Gasteiger partial charge in [0.25, 0.3) is 5.91 Å². The SMILES string of the molecule is Cc1cscc1C(=O)N1CCOC(CN)C1.Cl. The highest BCUT2D eigenvalue weighted by Crippen LogP contribution is 2.17. The number of carbonyl (C=O) groups excluding carboxylic acids is 1. The van der Waals surface area contributed by atoms with Gasteiger partial charge in [0.15, 0.2) is 0 Å². The van der Waals surface area contributed by atoms with Crippen molar-refractivity contribution in [2.75, 3.05) is 26.2 Å². The predicted octanol–water partition coefficient (Wildman–Crippen LogP) is 1.28. The number of morpholine rings is 1. The first-order valence-corrected chi connectivity index (χ1v) is 6.30. The Morgan fingerprint density at radius 1 is 1.65 bits per heavy atom. The van der Waals surface area contributed by atoms with E-state index in [0.29, 0.717) is 26.2 Å². The first-order valence-electron chi connectivity index (χ1n) is 5.36. The van der Waals surface area contributed by atoms with Crippen molar-refractivity contribution in [2.24, 2.45) is 5.73 Å². The molecule has 0 aliphatic carbocycles. The average molecular weight is 277 g/mol. The third-order valence-electron chi connectivity index (χ3n) is 2.77. The Morgan fingerprint density at radius 2 is 2.41 bits per heavy atom. The molecular formula is C11H17ClN2O2S. The predicted molar refractivity (Wildman–Crippen MR) is 71.0 cm³/mol. The molecule has 1 unspecified atom stereocenters. The maximum Gasteiger partial charge on any atom is 0.255 e. The molecule has 6 heteroatoms. The first-order chi connectivity index (χ1) is 7.72. The minimum Gasteiger partial charge on any atom is -0.373 e. The van der Waals surface area contributed by atoms with Crippen LogP contribution in [0.4, 0.5) is 0 Å². The van der Waals surface area contributed by atoms with Crippen molar-refractivity contribution in [3.63, 3.8) is 0 Å². The van der Waals surface area contributed by atoms with Crippen LogP contribution in [0.1, 0.15) is 15.9 Å². The number of halogens is 1. The number of aryl methyl sites for hydroxylation is 1. The van der Waals surface area contributed by atoms with Gasteiger partial charge in [-0.15, -0.1) is 12.4 Å². The lowest BCUT2D eigenvalue weighted by Crippen LogP contribution is -2.48. The van der Waals surface area contributed by atoms with E-state index in [1.807, 2.05) is 22.6 Å². The van der Waals surface area contributed by atoms with Gasteiger partial charge in [-0.1, -0.05) is 0 Å². The summed E-state index contributed by atoms with van der Waals surface area (Å²) in [5, 5.41) is 3.90. The molecule has 0 spiro atoms. The average Bonchev–Trinajstić information content (AvgIpc) is 2.74. The van der Waals surface area contributed by atoms with Crippen molar-refractivity contribution in [1.29, 1.82) is 0 Å². The standard InChI is InChI=1S/C11H16N2O2S.ClH/c1-8-6-16-7-10(8)11(14)13-2-3-15-9(4-12)5-13;/h6-7,9H,2-5,12H2,1H3;1H. The maximum atomic E-state index is 12.2. The van der Waals surface area contributed by atoms with Crippen molar-refractivity contribution in [1.82, 2.24) is 4.90 Å². The van der Waals surface area contributed by atoms with Gasteiger partial charge in [0.05, 0.1) is 18.3 Å². The molecule has 1 aromatic heterocycles. The molecule has 1 atom stereocenters. The number of nitrogens with two attached hydrogens (primary N) is 1. The number of hydrogen-bond donors (Lipinski definition) is 1. The first kappa shape index (κ1) is 14.4. The van der Waals surface area contributed by atoms with E-state index in [4.69, 9.17) is 10.5 Å². The third kappa shape index (κ3) is 3.19. The van der Waals surface area contributed by atoms with Gasteiger partial charge in [0.1, 0.15) is 0 Å². The van der Waals surface area contributed by atoms with Gasteiger partial charge in [0, 0.05) is 25.0 Å². The number of carbonyl (C=O) groups is 1. The fraction of sp³-hybridized carbons (Fsp3) is 0.545. The summed E-state index contributed by atoms with van der Waals surface area (Å²) in [5.74, 6) is 0.0977. The molecule has 4 nitrogen and oxygen atoms in total. The lowest BCUT2D eigenvalue weighted by Gasteiger charge is -2.32. The molecule has 0 aromatic carbocycles. The Kier molecular flexibility index (Phi) is 5.39. The summed E-state index contributed by atoms with van der Waals surface area (Å²) in [6, 6.07) is 0. The van der Waals surface area contributed by atoms with Crippen LogP contribution < -0.4 is 5.73 Å². The number of ether oxygens (including phenoxy) is 1. The van der Waals surface area contributed by atoms with Crippen molar-refractivity contribution >= 4 is 29.7 Å². The summed E-state index contributed by atoms with van der Waals surface area (Å²) in [5.41, 5.74) is 7.41. The Hall–Kier alpha value is -0.620. The van der Waals surface area contributed by atoms with Gasteiger partial charge in [-0.05, 0) is 17.9 Å². The van der Waals surface area contributed by atoms with E-state index in [1.165, 1.54) is 0 Å². The van der Waals surface area contributed by atoms with Crippen LogP contribution in [-0.4, -0.2) is 43.2 Å². The van der Waals surface area contributed by atoms with E-state index in [1.54, 1.807) is 11.3 Å². The second kappa shape index (κ2) is 6.35. The number of hydrogen-bond acceptors (Lipinski definition) is 4. The summed E-state index contributed by atoms with van der Waals surface area (Å²) in [6.07, 6.45) is -0.0170. The second-order valence-corrected chi connectivity index (χ2v) is 4.69. The third-order valence-corrected chi connectivity index (χ3v) is 3.64. The highest BCUT2D eigenvalue weighted by molar-refractivity contribution is 7.08. The molecule has 0 saturated carbocycles. The Morgan fingerprint density at radius 3 is 3.00 bits per heavy atom. The van der Waals surface area contributed by atoms with E-state index in [2.05, 4.69) is 0 Å². The number of amides is 1. The van der Waals surface area contributed by atoms with Gasteiger partial charge in [-0.25, -0.2) is 0 Å². The van der Waals surface area contributed by atoms with Crippen LogP contribution in [0.5, 0.6) is 0 Å². The monoisotopic (exact) mass is 276 g/mol. The van der Waals surface area contributed by atoms with Gasteiger partial charge in [-0.2, -0.15) is 11.3 Å². The van der Waals surface area contributed by atoms with Crippen molar-refractivity contribution in [3.8, 4) is 0 Å². The highest BCUT2D eigenvalue weighted by Gasteiger charge is 2.25. The van der Waals surface area contributed by atoms with Gasteiger partial charge >= 0.3 is 0 Å². The lowest BCUT2D eigenvalue weighted by molar-refractivity contribution is -0.0167. The molecule has 1 aromatic rings. The molecule has 2 rings (SSSR count). The fourth-order valence-electron chi connectivity index (χ4n) is 1.80. The summed E-state index contributed by atoms with van der Waals surface area (Å²) in [4.78, 5) is 14.0. The van der Waals surface area contributed by atoms with Crippen LogP contribution in [-0.2, 0) is 4.74 Å². The van der Waals surface area contributed by atoms with Gasteiger partial charge in [0.2, 0.25) is 0 Å². The Bertz CT molecular complexity index is 383. The Labute approximate surface area is 111 Å². The fourth-order valence-corrected chi connectivity index (χ4v) is 2.62. The summed E-state index contributed by atoms with van der Waals surface area (Å²) >= 11 is 1.56. The maximum absolute atomic E-state index is 12.2. The molecule has 1 aliphatic heterocycles. The minimum atomic E-state index is -0.0170. The van der Waals surface area contributed by atoms with Crippen molar-refractivity contribution in [3.05, 3.63) is 21.9 Å². The zero-order chi connectivity index (χ0) is 11.5. The summed E-state index contributed by atoms with van der Waals surface area (Å²) in [6.45, 7) is 4.27. The van der Waals surface area contributed by atoms with Gasteiger partial charge in [-0.3, -0.25) is 4.79 Å².